The zero-order valence-corrected chi connectivity index (χ0v) is 6.03. The van der Waals surface area contributed by atoms with Crippen LogP contribution in [0.25, 0.3) is 0 Å². The van der Waals surface area contributed by atoms with Crippen molar-refractivity contribution in [3.05, 3.63) is 0 Å². The summed E-state index contributed by atoms with van der Waals surface area (Å²) in [7, 11) is 0. The highest BCUT2D eigenvalue weighted by Gasteiger charge is 2.16. The molecule has 0 aliphatic heterocycles. The van der Waals surface area contributed by atoms with Crippen LogP contribution in [-0.2, 0) is 4.74 Å². The van der Waals surface area contributed by atoms with Crippen LogP contribution in [0.5, 0.6) is 0 Å². The van der Waals surface area contributed by atoms with Crippen LogP contribution in [0.15, 0.2) is 0 Å². The Labute approximate surface area is 60.1 Å². The molecule has 0 rings (SSSR count). The Bertz CT molecular complexity index is 76.1. The largest absolute Gasteiger partial charge is 0.394 e. The first-order valence-corrected chi connectivity index (χ1v) is 3.27. The fourth-order valence-electron chi connectivity index (χ4n) is 0.617. The van der Waals surface area contributed by atoms with Crippen LogP contribution < -0.4 is 0 Å². The standard InChI is InChI=1S/C6H14O4/c1-2-10-6(4-8)5(9)3-7/h5-9H,2-4H2,1H3/t5-,6-/m1/s1. The van der Waals surface area contributed by atoms with Crippen molar-refractivity contribution in [2.45, 2.75) is 19.1 Å². The van der Waals surface area contributed by atoms with Crippen molar-refractivity contribution in [3.63, 3.8) is 0 Å². The fourth-order valence-corrected chi connectivity index (χ4v) is 0.617. The molecule has 4 nitrogen and oxygen atoms in total. The summed E-state index contributed by atoms with van der Waals surface area (Å²) in [5, 5.41) is 25.9. The van der Waals surface area contributed by atoms with Gasteiger partial charge in [0.15, 0.2) is 0 Å². The molecular formula is C6H14O4. The van der Waals surface area contributed by atoms with Gasteiger partial charge in [-0.15, -0.1) is 0 Å². The SMILES string of the molecule is CCO[C@H](CO)[C@H](O)CO. The zero-order chi connectivity index (χ0) is 7.98. The first kappa shape index (κ1) is 9.84. The van der Waals surface area contributed by atoms with E-state index in [9.17, 15) is 0 Å². The number of hydrogen-bond acceptors (Lipinski definition) is 4. The second-order valence-electron chi connectivity index (χ2n) is 1.93. The van der Waals surface area contributed by atoms with E-state index in [1.807, 2.05) is 0 Å². The van der Waals surface area contributed by atoms with E-state index in [-0.39, 0.29) is 13.2 Å². The lowest BCUT2D eigenvalue weighted by Crippen LogP contribution is -2.35. The first-order valence-electron chi connectivity index (χ1n) is 3.27. The Hall–Kier alpha value is -0.160. The monoisotopic (exact) mass is 150 g/mol. The van der Waals surface area contributed by atoms with Gasteiger partial charge in [0.25, 0.3) is 0 Å². The predicted octanol–water partition coefficient (Wildman–Crippen LogP) is -1.26. The van der Waals surface area contributed by atoms with Gasteiger partial charge in [0.05, 0.1) is 13.2 Å². The van der Waals surface area contributed by atoms with Gasteiger partial charge in [0, 0.05) is 6.61 Å². The fraction of sp³-hybridized carbons (Fsp3) is 1.00. The van der Waals surface area contributed by atoms with Crippen molar-refractivity contribution >= 4 is 0 Å². The number of aliphatic hydroxyl groups is 3. The van der Waals surface area contributed by atoms with Gasteiger partial charge in [-0.05, 0) is 6.92 Å². The molecule has 0 aromatic carbocycles. The molecule has 0 radical (unpaired) electrons. The molecular weight excluding hydrogens is 136 g/mol. The lowest BCUT2D eigenvalue weighted by atomic mass is 10.2. The Balaban J connectivity index is 3.56. The van der Waals surface area contributed by atoms with Crippen molar-refractivity contribution in [3.8, 4) is 0 Å². The maximum atomic E-state index is 8.91. The summed E-state index contributed by atoms with van der Waals surface area (Å²) in [5.41, 5.74) is 0. The van der Waals surface area contributed by atoms with Crippen LogP contribution in [0.2, 0.25) is 0 Å². The summed E-state index contributed by atoms with van der Waals surface area (Å²) < 4.78 is 4.88. The molecule has 0 spiro atoms. The van der Waals surface area contributed by atoms with Gasteiger partial charge in [0.1, 0.15) is 12.2 Å². The third kappa shape index (κ3) is 3.12. The van der Waals surface area contributed by atoms with E-state index in [4.69, 9.17) is 20.1 Å². The van der Waals surface area contributed by atoms with Gasteiger partial charge in [-0.1, -0.05) is 0 Å². The number of rotatable bonds is 5. The van der Waals surface area contributed by atoms with E-state index in [1.165, 1.54) is 0 Å². The van der Waals surface area contributed by atoms with Gasteiger partial charge >= 0.3 is 0 Å². The van der Waals surface area contributed by atoms with Crippen molar-refractivity contribution in [1.29, 1.82) is 0 Å². The Morgan fingerprint density at radius 3 is 2.20 bits per heavy atom. The van der Waals surface area contributed by atoms with E-state index in [2.05, 4.69) is 0 Å². The summed E-state index contributed by atoms with van der Waals surface area (Å²) in [6.07, 6.45) is -1.64. The van der Waals surface area contributed by atoms with Gasteiger partial charge in [0.2, 0.25) is 0 Å². The topological polar surface area (TPSA) is 69.9 Å². The third-order valence-electron chi connectivity index (χ3n) is 1.18. The lowest BCUT2D eigenvalue weighted by Gasteiger charge is -2.18. The molecule has 4 heteroatoms. The number of hydrogen-bond donors (Lipinski definition) is 3. The molecule has 0 heterocycles. The zero-order valence-electron chi connectivity index (χ0n) is 6.03. The van der Waals surface area contributed by atoms with Crippen LogP contribution in [0.3, 0.4) is 0 Å². The van der Waals surface area contributed by atoms with Crippen molar-refractivity contribution in [2.24, 2.45) is 0 Å². The van der Waals surface area contributed by atoms with Crippen molar-refractivity contribution in [2.75, 3.05) is 19.8 Å². The molecule has 0 amide bonds. The van der Waals surface area contributed by atoms with Crippen LogP contribution in [0, 0.1) is 0 Å². The second-order valence-corrected chi connectivity index (χ2v) is 1.93. The highest BCUT2D eigenvalue weighted by Crippen LogP contribution is 1.97. The molecule has 0 unspecified atom stereocenters. The Morgan fingerprint density at radius 1 is 1.30 bits per heavy atom. The second kappa shape index (κ2) is 5.61. The van der Waals surface area contributed by atoms with Gasteiger partial charge in [-0.2, -0.15) is 0 Å². The minimum absolute atomic E-state index is 0.268. The molecule has 0 saturated carbocycles. The maximum Gasteiger partial charge on any atom is 0.109 e. The highest BCUT2D eigenvalue weighted by atomic mass is 16.5. The quantitative estimate of drug-likeness (QED) is 0.457. The predicted molar refractivity (Wildman–Crippen MR) is 35.6 cm³/mol. The van der Waals surface area contributed by atoms with Crippen LogP contribution >= 0.6 is 0 Å². The molecule has 2 atom stereocenters. The van der Waals surface area contributed by atoms with E-state index in [0.29, 0.717) is 6.61 Å². The Morgan fingerprint density at radius 2 is 1.90 bits per heavy atom. The third-order valence-corrected chi connectivity index (χ3v) is 1.18. The average molecular weight is 150 g/mol. The van der Waals surface area contributed by atoms with Crippen LogP contribution in [0.1, 0.15) is 6.92 Å². The molecule has 10 heavy (non-hydrogen) atoms. The Kier molecular flexibility index (Phi) is 5.52. The van der Waals surface area contributed by atoms with Crippen LogP contribution in [0.4, 0.5) is 0 Å². The van der Waals surface area contributed by atoms with Gasteiger partial charge < -0.3 is 20.1 Å². The maximum absolute atomic E-state index is 8.91. The summed E-state index contributed by atoms with van der Waals surface area (Å²) in [6.45, 7) is 1.52. The first-order chi connectivity index (χ1) is 4.76. The van der Waals surface area contributed by atoms with Crippen LogP contribution in [-0.4, -0.2) is 47.3 Å². The average Bonchev–Trinajstić information content (AvgIpc) is 1.99. The van der Waals surface area contributed by atoms with E-state index in [0.717, 1.165) is 0 Å². The highest BCUT2D eigenvalue weighted by molar-refractivity contribution is 4.65. The molecule has 3 N–H and O–H groups in total. The molecule has 0 aliphatic rings. The smallest absolute Gasteiger partial charge is 0.109 e. The molecule has 0 fully saturated rings. The van der Waals surface area contributed by atoms with E-state index >= 15 is 0 Å². The minimum atomic E-state index is -0.982. The molecule has 0 aromatic heterocycles. The number of aliphatic hydroxyl groups excluding tert-OH is 3. The van der Waals surface area contributed by atoms with E-state index < -0.39 is 12.2 Å². The minimum Gasteiger partial charge on any atom is -0.394 e. The van der Waals surface area contributed by atoms with E-state index in [1.54, 1.807) is 6.92 Å². The molecule has 0 aliphatic carbocycles. The van der Waals surface area contributed by atoms with Gasteiger partial charge in [-0.25, -0.2) is 0 Å². The lowest BCUT2D eigenvalue weighted by molar-refractivity contribution is -0.0759. The molecule has 0 bridgehead atoms. The summed E-state index contributed by atoms with van der Waals surface area (Å²) in [4.78, 5) is 0. The molecule has 0 aromatic rings. The normalized spacial score (nSPS) is 16.8. The molecule has 62 valence electrons. The van der Waals surface area contributed by atoms with Crippen molar-refractivity contribution in [1.82, 2.24) is 0 Å². The summed E-state index contributed by atoms with van der Waals surface area (Å²) in [6, 6.07) is 0. The number of ether oxygens (including phenoxy) is 1. The summed E-state index contributed by atoms with van der Waals surface area (Å²) >= 11 is 0. The van der Waals surface area contributed by atoms with Gasteiger partial charge in [-0.3, -0.25) is 0 Å². The van der Waals surface area contributed by atoms with Crippen molar-refractivity contribution < 1.29 is 20.1 Å². The molecule has 0 saturated heterocycles. The summed E-state index contributed by atoms with van der Waals surface area (Å²) in [5.74, 6) is 0.